The summed E-state index contributed by atoms with van der Waals surface area (Å²) in [6.07, 6.45) is 4.07. The first-order chi connectivity index (χ1) is 12.2. The summed E-state index contributed by atoms with van der Waals surface area (Å²) in [6, 6.07) is 5.20. The van der Waals surface area contributed by atoms with Crippen LogP contribution < -0.4 is 20.5 Å². The summed E-state index contributed by atoms with van der Waals surface area (Å²) in [4.78, 5) is 16.8. The SMILES string of the molecule is COc1cc(C(=O)NC2(CN)CCCC2)ccc1OCc1cscn1.Cl.Cl. The van der Waals surface area contributed by atoms with Crippen molar-refractivity contribution >= 4 is 42.1 Å². The van der Waals surface area contributed by atoms with Crippen LogP contribution in [-0.4, -0.2) is 30.1 Å². The lowest BCUT2D eigenvalue weighted by atomic mass is 9.97. The predicted octanol–water partition coefficient (Wildman–Crippen LogP) is 3.58. The molecule has 1 aromatic carbocycles. The maximum atomic E-state index is 12.6. The Bertz CT molecular complexity index is 723. The van der Waals surface area contributed by atoms with Crippen LogP contribution in [0, 0.1) is 0 Å². The molecule has 1 aromatic heterocycles. The van der Waals surface area contributed by atoms with Gasteiger partial charge in [-0.1, -0.05) is 12.8 Å². The van der Waals surface area contributed by atoms with Gasteiger partial charge in [-0.25, -0.2) is 4.98 Å². The molecule has 1 aliphatic carbocycles. The monoisotopic (exact) mass is 433 g/mol. The molecule has 3 rings (SSSR count). The fourth-order valence-corrected chi connectivity index (χ4v) is 3.68. The van der Waals surface area contributed by atoms with Gasteiger partial charge < -0.3 is 20.5 Å². The minimum Gasteiger partial charge on any atom is -0.493 e. The Hall–Kier alpha value is -1.54. The fourth-order valence-electron chi connectivity index (χ4n) is 3.13. The summed E-state index contributed by atoms with van der Waals surface area (Å²) in [5.74, 6) is 0.981. The third kappa shape index (κ3) is 5.72. The van der Waals surface area contributed by atoms with Gasteiger partial charge in [0.25, 0.3) is 5.91 Å². The van der Waals surface area contributed by atoms with E-state index in [-0.39, 0.29) is 36.3 Å². The number of rotatable bonds is 7. The van der Waals surface area contributed by atoms with Gasteiger partial charge in [0.2, 0.25) is 0 Å². The van der Waals surface area contributed by atoms with Crippen molar-refractivity contribution in [2.75, 3.05) is 13.7 Å². The Labute approximate surface area is 175 Å². The number of nitrogens with one attached hydrogen (secondary N) is 1. The molecule has 0 atom stereocenters. The Balaban J connectivity index is 0.00000182. The molecule has 1 amide bonds. The highest BCUT2D eigenvalue weighted by atomic mass is 35.5. The van der Waals surface area contributed by atoms with E-state index in [2.05, 4.69) is 10.3 Å². The Morgan fingerprint density at radius 3 is 2.63 bits per heavy atom. The van der Waals surface area contributed by atoms with Crippen LogP contribution in [0.1, 0.15) is 41.7 Å². The highest BCUT2D eigenvalue weighted by Gasteiger charge is 2.34. The van der Waals surface area contributed by atoms with E-state index in [0.29, 0.717) is 30.2 Å². The zero-order valence-corrected chi connectivity index (χ0v) is 17.6. The van der Waals surface area contributed by atoms with Gasteiger partial charge in [-0.05, 0) is 31.0 Å². The van der Waals surface area contributed by atoms with E-state index < -0.39 is 0 Å². The Kier molecular flexibility index (Phi) is 9.32. The summed E-state index contributed by atoms with van der Waals surface area (Å²) in [5.41, 5.74) is 8.79. The second kappa shape index (κ2) is 10.7. The highest BCUT2D eigenvalue weighted by molar-refractivity contribution is 7.07. The number of hydrogen-bond donors (Lipinski definition) is 2. The molecule has 0 saturated heterocycles. The molecule has 1 saturated carbocycles. The van der Waals surface area contributed by atoms with Crippen LogP contribution in [0.2, 0.25) is 0 Å². The van der Waals surface area contributed by atoms with Crippen LogP contribution in [-0.2, 0) is 6.61 Å². The number of methoxy groups -OCH3 is 1. The maximum Gasteiger partial charge on any atom is 0.251 e. The topological polar surface area (TPSA) is 86.5 Å². The fraction of sp³-hybridized carbons (Fsp3) is 0.444. The smallest absolute Gasteiger partial charge is 0.251 e. The molecular formula is C18H25Cl2N3O3S. The van der Waals surface area contributed by atoms with Crippen molar-refractivity contribution < 1.29 is 14.3 Å². The van der Waals surface area contributed by atoms with E-state index >= 15 is 0 Å². The van der Waals surface area contributed by atoms with E-state index in [1.165, 1.54) is 11.3 Å². The molecule has 0 radical (unpaired) electrons. The molecule has 3 N–H and O–H groups in total. The molecule has 150 valence electrons. The first kappa shape index (κ1) is 23.5. The van der Waals surface area contributed by atoms with E-state index in [4.69, 9.17) is 15.2 Å². The minimum atomic E-state index is -0.274. The van der Waals surface area contributed by atoms with Gasteiger partial charge in [0.05, 0.1) is 23.9 Å². The number of halogens is 2. The van der Waals surface area contributed by atoms with Gasteiger partial charge in [-0.15, -0.1) is 36.2 Å². The number of thiazole rings is 1. The molecule has 1 aliphatic rings. The lowest BCUT2D eigenvalue weighted by molar-refractivity contribution is 0.0902. The molecule has 0 aliphatic heterocycles. The van der Waals surface area contributed by atoms with Gasteiger partial charge in [0, 0.05) is 17.5 Å². The summed E-state index contributed by atoms with van der Waals surface area (Å²) < 4.78 is 11.1. The lowest BCUT2D eigenvalue weighted by Gasteiger charge is -2.28. The van der Waals surface area contributed by atoms with E-state index in [0.717, 1.165) is 31.4 Å². The van der Waals surface area contributed by atoms with Crippen molar-refractivity contribution in [2.45, 2.75) is 37.8 Å². The Morgan fingerprint density at radius 2 is 2.04 bits per heavy atom. The van der Waals surface area contributed by atoms with Crippen molar-refractivity contribution in [1.29, 1.82) is 0 Å². The van der Waals surface area contributed by atoms with Crippen molar-refractivity contribution in [3.63, 3.8) is 0 Å². The van der Waals surface area contributed by atoms with Crippen molar-refractivity contribution in [3.8, 4) is 11.5 Å². The van der Waals surface area contributed by atoms with Gasteiger partial charge in [-0.2, -0.15) is 0 Å². The molecule has 27 heavy (non-hydrogen) atoms. The third-order valence-electron chi connectivity index (χ3n) is 4.61. The first-order valence-corrected chi connectivity index (χ1v) is 9.30. The lowest BCUT2D eigenvalue weighted by Crippen LogP contribution is -2.51. The molecule has 1 fully saturated rings. The first-order valence-electron chi connectivity index (χ1n) is 8.36. The molecular weight excluding hydrogens is 409 g/mol. The number of nitrogens with two attached hydrogens (primary N) is 1. The van der Waals surface area contributed by atoms with Gasteiger partial charge in [-0.3, -0.25) is 4.79 Å². The van der Waals surface area contributed by atoms with Crippen molar-refractivity contribution in [1.82, 2.24) is 10.3 Å². The average molecular weight is 434 g/mol. The van der Waals surface area contributed by atoms with Crippen LogP contribution in [0.5, 0.6) is 11.5 Å². The predicted molar refractivity (Wildman–Crippen MR) is 112 cm³/mol. The molecule has 2 aromatic rings. The quantitative estimate of drug-likeness (QED) is 0.696. The third-order valence-corrected chi connectivity index (χ3v) is 5.25. The second-order valence-corrected chi connectivity index (χ2v) is 7.00. The zero-order valence-electron chi connectivity index (χ0n) is 15.1. The molecule has 0 bridgehead atoms. The number of benzene rings is 1. The van der Waals surface area contributed by atoms with Crippen LogP contribution in [0.4, 0.5) is 0 Å². The minimum absolute atomic E-state index is 0. The number of nitrogens with zero attached hydrogens (tertiary/aromatic N) is 1. The summed E-state index contributed by atoms with van der Waals surface area (Å²) in [7, 11) is 1.56. The van der Waals surface area contributed by atoms with Crippen LogP contribution >= 0.6 is 36.2 Å². The van der Waals surface area contributed by atoms with E-state index in [9.17, 15) is 4.79 Å². The number of aromatic nitrogens is 1. The number of amides is 1. The summed E-state index contributed by atoms with van der Waals surface area (Å²) >= 11 is 1.52. The largest absolute Gasteiger partial charge is 0.493 e. The molecule has 1 heterocycles. The molecule has 9 heteroatoms. The summed E-state index contributed by atoms with van der Waals surface area (Å²) in [5, 5.41) is 5.05. The van der Waals surface area contributed by atoms with Crippen LogP contribution in [0.25, 0.3) is 0 Å². The van der Waals surface area contributed by atoms with Crippen molar-refractivity contribution in [2.24, 2.45) is 5.73 Å². The van der Waals surface area contributed by atoms with Gasteiger partial charge >= 0.3 is 0 Å². The molecule has 6 nitrogen and oxygen atoms in total. The molecule has 0 spiro atoms. The number of carbonyl (C=O) groups is 1. The van der Waals surface area contributed by atoms with Crippen LogP contribution in [0.3, 0.4) is 0 Å². The van der Waals surface area contributed by atoms with Gasteiger partial charge in [0.1, 0.15) is 6.61 Å². The number of hydrogen-bond acceptors (Lipinski definition) is 6. The maximum absolute atomic E-state index is 12.6. The zero-order chi connectivity index (χ0) is 17.7. The summed E-state index contributed by atoms with van der Waals surface area (Å²) in [6.45, 7) is 0.826. The average Bonchev–Trinajstić information content (AvgIpc) is 3.32. The standard InChI is InChI=1S/C18H23N3O3S.2ClH/c1-23-16-8-13(17(22)21-18(11-19)6-2-3-7-18)4-5-15(16)24-9-14-10-25-12-20-14;;/h4-5,8,10,12H,2-3,6-7,9,11,19H2,1H3,(H,21,22);2*1H. The highest BCUT2D eigenvalue weighted by Crippen LogP contribution is 2.31. The second-order valence-electron chi connectivity index (χ2n) is 6.28. The number of carbonyl (C=O) groups excluding carboxylic acids is 1. The number of ether oxygens (including phenoxy) is 2. The van der Waals surface area contributed by atoms with E-state index in [1.54, 1.807) is 30.8 Å². The van der Waals surface area contributed by atoms with E-state index in [1.807, 2.05) is 5.38 Å². The normalized spacial score (nSPS) is 14.6. The van der Waals surface area contributed by atoms with Crippen LogP contribution in [0.15, 0.2) is 29.1 Å². The van der Waals surface area contributed by atoms with Crippen molar-refractivity contribution in [3.05, 3.63) is 40.3 Å². The molecule has 0 unspecified atom stereocenters. The Morgan fingerprint density at radius 1 is 1.30 bits per heavy atom. The van der Waals surface area contributed by atoms with Gasteiger partial charge in [0.15, 0.2) is 11.5 Å².